The number of hydrogen-bond donors (Lipinski definition) is 5. The first-order valence-corrected chi connectivity index (χ1v) is 8.15. The minimum Gasteiger partial charge on any atom is -0.481 e. The SMILES string of the molecule is O=C(O)CCCCCN[C@@H]1[C@H](O)[C@@H](CO)O[C@H]1n1ccc(=O)[nH]c1=O. The fourth-order valence-corrected chi connectivity index (χ4v) is 2.83. The molecule has 140 valence electrons. The molecular weight excluding hydrogens is 334 g/mol. The zero-order chi connectivity index (χ0) is 18.4. The number of aliphatic hydroxyl groups is 2. The highest BCUT2D eigenvalue weighted by Crippen LogP contribution is 2.28. The lowest BCUT2D eigenvalue weighted by atomic mass is 10.1. The van der Waals surface area contributed by atoms with Crippen LogP contribution in [0.25, 0.3) is 0 Å². The Morgan fingerprint density at radius 3 is 2.72 bits per heavy atom. The van der Waals surface area contributed by atoms with Crippen LogP contribution in [0.1, 0.15) is 31.9 Å². The number of unbranched alkanes of at least 4 members (excludes halogenated alkanes) is 2. The van der Waals surface area contributed by atoms with Crippen LogP contribution in [0.3, 0.4) is 0 Å². The molecule has 0 bridgehead atoms. The van der Waals surface area contributed by atoms with Gasteiger partial charge in [-0.25, -0.2) is 4.79 Å². The van der Waals surface area contributed by atoms with E-state index in [9.17, 15) is 24.6 Å². The maximum absolute atomic E-state index is 12.0. The zero-order valence-electron chi connectivity index (χ0n) is 13.6. The number of aliphatic carboxylic acids is 1. The van der Waals surface area contributed by atoms with E-state index in [0.29, 0.717) is 25.8 Å². The van der Waals surface area contributed by atoms with E-state index in [1.807, 2.05) is 0 Å². The van der Waals surface area contributed by atoms with E-state index in [4.69, 9.17) is 9.84 Å². The van der Waals surface area contributed by atoms with Crippen LogP contribution in [0.5, 0.6) is 0 Å². The number of nitrogens with zero attached hydrogens (tertiary/aromatic N) is 1. The standard InChI is InChI=1S/C15H23N3O7/c19-8-9-13(23)12(16-6-3-1-2-4-11(21)22)14(25-9)18-7-5-10(20)17-15(18)24/h5,7,9,12-14,16,19,23H,1-4,6,8H2,(H,21,22)(H,17,20,24)/t9-,12-,13-,14-/m1/s1. The molecule has 2 rings (SSSR count). The average Bonchev–Trinajstić information content (AvgIpc) is 2.86. The second-order valence-corrected chi connectivity index (χ2v) is 5.94. The second kappa shape index (κ2) is 8.90. The molecule has 10 nitrogen and oxygen atoms in total. The van der Waals surface area contributed by atoms with Crippen molar-refractivity contribution in [1.29, 1.82) is 0 Å². The summed E-state index contributed by atoms with van der Waals surface area (Å²) >= 11 is 0. The molecule has 0 aromatic carbocycles. The molecule has 1 aliphatic rings. The zero-order valence-corrected chi connectivity index (χ0v) is 13.6. The Morgan fingerprint density at radius 2 is 2.08 bits per heavy atom. The van der Waals surface area contributed by atoms with Crippen LogP contribution in [-0.2, 0) is 9.53 Å². The normalized spacial score (nSPS) is 26.0. The molecule has 0 unspecified atom stereocenters. The molecule has 1 aromatic rings. The smallest absolute Gasteiger partial charge is 0.330 e. The van der Waals surface area contributed by atoms with E-state index in [1.165, 1.54) is 12.3 Å². The summed E-state index contributed by atoms with van der Waals surface area (Å²) in [6, 6.07) is 0.520. The summed E-state index contributed by atoms with van der Waals surface area (Å²) in [5, 5.41) is 31.3. The molecule has 25 heavy (non-hydrogen) atoms. The Morgan fingerprint density at radius 1 is 1.32 bits per heavy atom. The van der Waals surface area contributed by atoms with Crippen LogP contribution in [0.4, 0.5) is 0 Å². The third-order valence-corrected chi connectivity index (χ3v) is 4.12. The summed E-state index contributed by atoms with van der Waals surface area (Å²) in [6.45, 7) is 0.0734. The number of ether oxygens (including phenoxy) is 1. The van der Waals surface area contributed by atoms with Crippen LogP contribution in [-0.4, -0.2) is 62.2 Å². The van der Waals surface area contributed by atoms with Crippen molar-refractivity contribution in [3.8, 4) is 0 Å². The summed E-state index contributed by atoms with van der Waals surface area (Å²) in [7, 11) is 0. The number of hydrogen-bond acceptors (Lipinski definition) is 7. The Hall–Kier alpha value is -2.01. The van der Waals surface area contributed by atoms with Gasteiger partial charge >= 0.3 is 11.7 Å². The Balaban J connectivity index is 2.00. The lowest BCUT2D eigenvalue weighted by Crippen LogP contribution is -2.46. The predicted molar refractivity (Wildman–Crippen MR) is 86.2 cm³/mol. The van der Waals surface area contributed by atoms with Gasteiger partial charge in [-0.2, -0.15) is 0 Å². The molecule has 5 N–H and O–H groups in total. The monoisotopic (exact) mass is 357 g/mol. The van der Waals surface area contributed by atoms with Crippen LogP contribution >= 0.6 is 0 Å². The second-order valence-electron chi connectivity index (χ2n) is 5.94. The average molecular weight is 357 g/mol. The fraction of sp³-hybridized carbons (Fsp3) is 0.667. The van der Waals surface area contributed by atoms with Crippen LogP contribution in [0, 0.1) is 0 Å². The van der Waals surface area contributed by atoms with Gasteiger partial charge in [-0.15, -0.1) is 0 Å². The Bertz CT molecular complexity index is 686. The number of aromatic nitrogens is 2. The van der Waals surface area contributed by atoms with E-state index in [0.717, 1.165) is 4.57 Å². The van der Waals surface area contributed by atoms with Gasteiger partial charge in [0, 0.05) is 18.7 Å². The largest absolute Gasteiger partial charge is 0.481 e. The molecule has 0 aliphatic carbocycles. The number of carbonyl (C=O) groups is 1. The van der Waals surface area contributed by atoms with Crippen molar-refractivity contribution in [2.24, 2.45) is 0 Å². The van der Waals surface area contributed by atoms with Gasteiger partial charge in [0.25, 0.3) is 5.56 Å². The van der Waals surface area contributed by atoms with Gasteiger partial charge in [0.1, 0.15) is 12.2 Å². The van der Waals surface area contributed by atoms with Gasteiger partial charge in [0.15, 0.2) is 6.23 Å². The Labute approximate surface area is 143 Å². The van der Waals surface area contributed by atoms with Crippen molar-refractivity contribution < 1.29 is 24.9 Å². The van der Waals surface area contributed by atoms with Gasteiger partial charge < -0.3 is 25.4 Å². The molecule has 0 amide bonds. The number of aromatic amines is 1. The maximum atomic E-state index is 12.0. The first kappa shape index (κ1) is 19.3. The molecule has 4 atom stereocenters. The number of carboxylic acid groups (broad SMARTS) is 1. The van der Waals surface area contributed by atoms with Gasteiger partial charge in [-0.1, -0.05) is 6.42 Å². The molecular formula is C15H23N3O7. The molecule has 1 saturated heterocycles. The van der Waals surface area contributed by atoms with Gasteiger partial charge in [0.05, 0.1) is 12.6 Å². The molecule has 0 saturated carbocycles. The molecule has 1 fully saturated rings. The van der Waals surface area contributed by atoms with E-state index in [2.05, 4.69) is 10.3 Å². The number of aliphatic hydroxyl groups excluding tert-OH is 2. The van der Waals surface area contributed by atoms with Crippen molar-refractivity contribution in [1.82, 2.24) is 14.9 Å². The number of nitrogens with one attached hydrogen (secondary N) is 2. The number of rotatable bonds is 9. The van der Waals surface area contributed by atoms with Gasteiger partial charge in [-0.3, -0.25) is 19.1 Å². The lowest BCUT2D eigenvalue weighted by Gasteiger charge is -2.23. The fourth-order valence-electron chi connectivity index (χ4n) is 2.83. The molecule has 10 heteroatoms. The van der Waals surface area contributed by atoms with Crippen LogP contribution < -0.4 is 16.6 Å². The van der Waals surface area contributed by atoms with Crippen LogP contribution in [0.15, 0.2) is 21.9 Å². The highest BCUT2D eigenvalue weighted by molar-refractivity contribution is 5.66. The van der Waals surface area contributed by atoms with E-state index < -0.39 is 48.3 Å². The summed E-state index contributed by atoms with van der Waals surface area (Å²) in [5.74, 6) is -0.837. The van der Waals surface area contributed by atoms with Crippen molar-refractivity contribution in [2.45, 2.75) is 50.2 Å². The molecule has 2 heterocycles. The van der Waals surface area contributed by atoms with E-state index in [1.54, 1.807) is 0 Å². The van der Waals surface area contributed by atoms with E-state index in [-0.39, 0.29) is 6.42 Å². The van der Waals surface area contributed by atoms with Crippen LogP contribution in [0.2, 0.25) is 0 Å². The van der Waals surface area contributed by atoms with Gasteiger partial charge in [-0.05, 0) is 19.4 Å². The molecule has 1 aliphatic heterocycles. The minimum atomic E-state index is -1.03. The highest BCUT2D eigenvalue weighted by Gasteiger charge is 2.44. The maximum Gasteiger partial charge on any atom is 0.330 e. The van der Waals surface area contributed by atoms with Gasteiger partial charge in [0.2, 0.25) is 0 Å². The summed E-state index contributed by atoms with van der Waals surface area (Å²) < 4.78 is 6.71. The summed E-state index contributed by atoms with van der Waals surface area (Å²) in [4.78, 5) is 35.7. The van der Waals surface area contributed by atoms with E-state index >= 15 is 0 Å². The first-order valence-electron chi connectivity index (χ1n) is 8.15. The van der Waals surface area contributed by atoms with Crippen molar-refractivity contribution >= 4 is 5.97 Å². The lowest BCUT2D eigenvalue weighted by molar-refractivity contribution is -0.137. The highest BCUT2D eigenvalue weighted by atomic mass is 16.5. The van der Waals surface area contributed by atoms with Crippen molar-refractivity contribution in [3.05, 3.63) is 33.1 Å². The third-order valence-electron chi connectivity index (χ3n) is 4.12. The molecule has 1 aromatic heterocycles. The van der Waals surface area contributed by atoms with Crippen molar-refractivity contribution in [3.63, 3.8) is 0 Å². The quantitative estimate of drug-likeness (QED) is 0.331. The summed E-state index contributed by atoms with van der Waals surface area (Å²) in [6.07, 6.45) is 0.569. The minimum absolute atomic E-state index is 0.108. The predicted octanol–water partition coefficient (Wildman–Crippen LogP) is -1.61. The number of H-pyrrole nitrogens is 1. The number of carboxylic acids is 1. The molecule has 0 radical (unpaired) electrons. The topological polar surface area (TPSA) is 154 Å². The third kappa shape index (κ3) is 4.98. The van der Waals surface area contributed by atoms with Crippen molar-refractivity contribution in [2.75, 3.05) is 13.2 Å². The molecule has 0 spiro atoms. The summed E-state index contributed by atoms with van der Waals surface area (Å²) in [5.41, 5.74) is -1.21. The first-order chi connectivity index (χ1) is 11.9. The Kier molecular flexibility index (Phi) is 6.88.